The Morgan fingerprint density at radius 2 is 2.25 bits per heavy atom. The summed E-state index contributed by atoms with van der Waals surface area (Å²) in [5.74, 6) is -0.209. The maximum absolute atomic E-state index is 11.2. The molecule has 0 amide bonds. The summed E-state index contributed by atoms with van der Waals surface area (Å²) in [6, 6.07) is 2.58. The predicted molar refractivity (Wildman–Crippen MR) is 89.5 cm³/mol. The molecule has 2 aromatic heterocycles. The number of esters is 1. The molecule has 1 saturated heterocycles. The molecule has 1 aliphatic rings. The van der Waals surface area contributed by atoms with Gasteiger partial charge in [0.25, 0.3) is 0 Å². The van der Waals surface area contributed by atoms with Gasteiger partial charge in [-0.2, -0.15) is 10.2 Å². The summed E-state index contributed by atoms with van der Waals surface area (Å²) in [5.41, 5.74) is 3.49. The normalized spacial score (nSPS) is 18.2. The van der Waals surface area contributed by atoms with Crippen LogP contribution >= 0.6 is 0 Å². The molecular formula is C17H25N5O2. The van der Waals surface area contributed by atoms with E-state index in [0.717, 1.165) is 31.7 Å². The van der Waals surface area contributed by atoms with Gasteiger partial charge in [0.05, 0.1) is 38.0 Å². The molecule has 24 heavy (non-hydrogen) atoms. The van der Waals surface area contributed by atoms with Gasteiger partial charge in [0.1, 0.15) is 0 Å². The summed E-state index contributed by atoms with van der Waals surface area (Å²) in [5, 5.41) is 8.94. The molecule has 1 fully saturated rings. The molecule has 2 aromatic rings. The van der Waals surface area contributed by atoms with Gasteiger partial charge in [-0.25, -0.2) is 0 Å². The molecule has 0 spiro atoms. The van der Waals surface area contributed by atoms with Gasteiger partial charge >= 0.3 is 5.97 Å². The minimum Gasteiger partial charge on any atom is -0.469 e. The fraction of sp³-hybridized carbons (Fsp3) is 0.588. The molecule has 7 heteroatoms. The van der Waals surface area contributed by atoms with E-state index in [1.807, 2.05) is 19.3 Å². The van der Waals surface area contributed by atoms with E-state index in [2.05, 4.69) is 37.5 Å². The molecule has 0 aromatic carbocycles. The first-order valence-electron chi connectivity index (χ1n) is 8.38. The summed E-state index contributed by atoms with van der Waals surface area (Å²) >= 11 is 0. The average molecular weight is 331 g/mol. The zero-order chi connectivity index (χ0) is 17.1. The van der Waals surface area contributed by atoms with Gasteiger partial charge < -0.3 is 4.74 Å². The van der Waals surface area contributed by atoms with Gasteiger partial charge in [-0.1, -0.05) is 0 Å². The second-order valence-electron chi connectivity index (χ2n) is 6.49. The van der Waals surface area contributed by atoms with Crippen LogP contribution < -0.4 is 0 Å². The van der Waals surface area contributed by atoms with Crippen LogP contribution in [-0.4, -0.2) is 50.6 Å². The van der Waals surface area contributed by atoms with Crippen LogP contribution in [0.25, 0.3) is 0 Å². The highest BCUT2D eigenvalue weighted by molar-refractivity contribution is 5.68. The zero-order valence-corrected chi connectivity index (χ0v) is 14.6. The summed E-state index contributed by atoms with van der Waals surface area (Å²) in [4.78, 5) is 13.6. The number of hydrogen-bond acceptors (Lipinski definition) is 5. The Bertz CT molecular complexity index is 706. The van der Waals surface area contributed by atoms with Gasteiger partial charge in [0, 0.05) is 37.1 Å². The molecule has 1 aliphatic heterocycles. The number of likely N-dealkylation sites (tertiary alicyclic amines) is 1. The molecule has 0 saturated carbocycles. The highest BCUT2D eigenvalue weighted by Gasteiger charge is 2.25. The van der Waals surface area contributed by atoms with Crippen molar-refractivity contribution in [3.63, 3.8) is 0 Å². The van der Waals surface area contributed by atoms with E-state index in [0.29, 0.717) is 19.0 Å². The van der Waals surface area contributed by atoms with Crippen LogP contribution in [0.1, 0.15) is 35.8 Å². The molecule has 1 atom stereocenters. The van der Waals surface area contributed by atoms with E-state index in [4.69, 9.17) is 0 Å². The van der Waals surface area contributed by atoms with Crippen molar-refractivity contribution < 1.29 is 9.53 Å². The van der Waals surface area contributed by atoms with Gasteiger partial charge in [-0.15, -0.1) is 0 Å². The third-order valence-electron chi connectivity index (χ3n) is 4.50. The Morgan fingerprint density at radius 1 is 1.42 bits per heavy atom. The molecule has 0 radical (unpaired) electrons. The third kappa shape index (κ3) is 3.84. The highest BCUT2D eigenvalue weighted by Crippen LogP contribution is 2.24. The van der Waals surface area contributed by atoms with Crippen LogP contribution in [0.5, 0.6) is 0 Å². The molecule has 3 heterocycles. The number of aromatic nitrogens is 4. The Hall–Kier alpha value is -2.15. The fourth-order valence-electron chi connectivity index (χ4n) is 3.35. The number of nitrogens with zero attached hydrogens (tertiary/aromatic N) is 5. The molecule has 1 unspecified atom stereocenters. The Morgan fingerprint density at radius 3 is 2.96 bits per heavy atom. The summed E-state index contributed by atoms with van der Waals surface area (Å²) in [6.45, 7) is 7.67. The van der Waals surface area contributed by atoms with Gasteiger partial charge in [-0.3, -0.25) is 19.1 Å². The van der Waals surface area contributed by atoms with E-state index in [1.165, 1.54) is 18.4 Å². The van der Waals surface area contributed by atoms with Crippen molar-refractivity contribution in [2.75, 3.05) is 20.2 Å². The topological polar surface area (TPSA) is 65.2 Å². The van der Waals surface area contributed by atoms with E-state index >= 15 is 0 Å². The highest BCUT2D eigenvalue weighted by atomic mass is 16.5. The van der Waals surface area contributed by atoms with Crippen LogP contribution in [0.15, 0.2) is 18.5 Å². The zero-order valence-electron chi connectivity index (χ0n) is 14.6. The SMILES string of the molecule is COC(=O)CCn1cc(CN2CCC(n3nc(C)cc3C)C2)cn1. The van der Waals surface area contributed by atoms with Crippen molar-refractivity contribution in [3.8, 4) is 0 Å². The lowest BCUT2D eigenvalue weighted by Gasteiger charge is -2.16. The second kappa shape index (κ2) is 7.17. The van der Waals surface area contributed by atoms with E-state index in [9.17, 15) is 4.79 Å². The van der Waals surface area contributed by atoms with Crippen LogP contribution in [0.2, 0.25) is 0 Å². The Labute approximate surface area is 142 Å². The van der Waals surface area contributed by atoms with Crippen LogP contribution in [-0.2, 0) is 22.6 Å². The summed E-state index contributed by atoms with van der Waals surface area (Å²) in [6.07, 6.45) is 5.37. The Kier molecular flexibility index (Phi) is 4.99. The van der Waals surface area contributed by atoms with Crippen molar-refractivity contribution in [3.05, 3.63) is 35.4 Å². The minimum atomic E-state index is -0.209. The van der Waals surface area contributed by atoms with Crippen LogP contribution in [0.4, 0.5) is 0 Å². The first kappa shape index (κ1) is 16.7. The van der Waals surface area contributed by atoms with E-state index in [-0.39, 0.29) is 5.97 Å². The molecular weight excluding hydrogens is 306 g/mol. The fourth-order valence-corrected chi connectivity index (χ4v) is 3.35. The summed E-state index contributed by atoms with van der Waals surface area (Å²) in [7, 11) is 1.41. The van der Waals surface area contributed by atoms with Gasteiger partial charge in [0.2, 0.25) is 0 Å². The lowest BCUT2D eigenvalue weighted by atomic mass is 10.2. The maximum Gasteiger partial charge on any atom is 0.307 e. The van der Waals surface area contributed by atoms with Crippen molar-refractivity contribution in [1.82, 2.24) is 24.5 Å². The van der Waals surface area contributed by atoms with Crippen molar-refractivity contribution in [1.29, 1.82) is 0 Å². The quantitative estimate of drug-likeness (QED) is 0.754. The molecule has 130 valence electrons. The average Bonchev–Trinajstić information content (AvgIpc) is 3.26. The lowest BCUT2D eigenvalue weighted by Crippen LogP contribution is -2.21. The van der Waals surface area contributed by atoms with Crippen molar-refractivity contribution >= 4 is 5.97 Å². The summed E-state index contributed by atoms with van der Waals surface area (Å²) < 4.78 is 8.62. The van der Waals surface area contributed by atoms with Gasteiger partial charge in [-0.05, 0) is 26.3 Å². The number of hydrogen-bond donors (Lipinski definition) is 0. The first-order valence-corrected chi connectivity index (χ1v) is 8.38. The minimum absolute atomic E-state index is 0.209. The van der Waals surface area contributed by atoms with Crippen molar-refractivity contribution in [2.45, 2.75) is 45.8 Å². The molecule has 0 aliphatic carbocycles. The van der Waals surface area contributed by atoms with E-state index < -0.39 is 0 Å². The first-order chi connectivity index (χ1) is 11.5. The number of rotatable bonds is 6. The molecule has 7 nitrogen and oxygen atoms in total. The van der Waals surface area contributed by atoms with Gasteiger partial charge in [0.15, 0.2) is 0 Å². The largest absolute Gasteiger partial charge is 0.469 e. The second-order valence-corrected chi connectivity index (χ2v) is 6.49. The molecule has 0 N–H and O–H groups in total. The number of ether oxygens (including phenoxy) is 1. The van der Waals surface area contributed by atoms with E-state index in [1.54, 1.807) is 4.68 Å². The number of methoxy groups -OCH3 is 1. The number of carbonyl (C=O) groups is 1. The molecule has 3 rings (SSSR count). The smallest absolute Gasteiger partial charge is 0.307 e. The standard InChI is InChI=1S/C17H25N5O2/c1-13-8-14(2)22(19-13)16-4-6-20(12-16)10-15-9-18-21(11-15)7-5-17(23)24-3/h8-9,11,16H,4-7,10,12H2,1-3H3. The van der Waals surface area contributed by atoms with Crippen molar-refractivity contribution in [2.24, 2.45) is 0 Å². The van der Waals surface area contributed by atoms with Crippen LogP contribution in [0.3, 0.4) is 0 Å². The maximum atomic E-state index is 11.2. The monoisotopic (exact) mass is 331 g/mol. The Balaban J connectivity index is 1.53. The molecule has 0 bridgehead atoms. The lowest BCUT2D eigenvalue weighted by molar-refractivity contribution is -0.140. The van der Waals surface area contributed by atoms with Crippen LogP contribution in [0, 0.1) is 13.8 Å². The number of carbonyl (C=O) groups excluding carboxylic acids is 1. The third-order valence-corrected chi connectivity index (χ3v) is 4.50. The predicted octanol–water partition coefficient (Wildman–Crippen LogP) is 1.71. The number of aryl methyl sites for hydroxylation is 3.